The van der Waals surface area contributed by atoms with Gasteiger partial charge in [-0.05, 0) is 44.9 Å². The zero-order chi connectivity index (χ0) is 13.8. The summed E-state index contributed by atoms with van der Waals surface area (Å²) >= 11 is 0. The Bertz CT molecular complexity index is 517. The Balaban J connectivity index is 1.90. The molecule has 0 radical (unpaired) electrons. The second-order valence-electron chi connectivity index (χ2n) is 5.24. The lowest BCUT2D eigenvalue weighted by atomic mass is 9.95. The lowest BCUT2D eigenvalue weighted by Gasteiger charge is -2.20. The lowest BCUT2D eigenvalue weighted by Crippen LogP contribution is -2.04. The Labute approximate surface area is 117 Å². The van der Waals surface area contributed by atoms with Crippen LogP contribution in [0.15, 0.2) is 41.7 Å². The summed E-state index contributed by atoms with van der Waals surface area (Å²) in [6.07, 6.45) is 5.25. The Morgan fingerprint density at radius 3 is 2.58 bits per heavy atom. The molecule has 2 unspecified atom stereocenters. The number of allylic oxidation sites excluding steroid dienone is 4. The third kappa shape index (κ3) is 3.84. The van der Waals surface area contributed by atoms with Crippen LogP contribution in [0.1, 0.15) is 31.4 Å². The normalized spacial score (nSPS) is 19.3. The van der Waals surface area contributed by atoms with Crippen molar-refractivity contribution in [2.24, 2.45) is 5.92 Å². The van der Waals surface area contributed by atoms with E-state index in [4.69, 9.17) is 9.05 Å². The van der Waals surface area contributed by atoms with Gasteiger partial charge in [-0.2, -0.15) is 0 Å². The molecule has 0 saturated heterocycles. The van der Waals surface area contributed by atoms with Gasteiger partial charge >= 0.3 is 0 Å². The van der Waals surface area contributed by atoms with Gasteiger partial charge in [-0.25, -0.2) is 0 Å². The first-order valence-corrected chi connectivity index (χ1v) is 7.41. The highest BCUT2D eigenvalue weighted by atomic mass is 31.1. The number of hydrogen-bond donors (Lipinski definition) is 0. The molecule has 0 amide bonds. The van der Waals surface area contributed by atoms with Crippen LogP contribution in [0.3, 0.4) is 0 Å². The number of benzene rings is 1. The predicted molar refractivity (Wildman–Crippen MR) is 81.6 cm³/mol. The fourth-order valence-electron chi connectivity index (χ4n) is 2.20. The number of rotatable bonds is 4. The van der Waals surface area contributed by atoms with Crippen molar-refractivity contribution in [2.45, 2.75) is 34.1 Å². The summed E-state index contributed by atoms with van der Waals surface area (Å²) in [5.41, 5.74) is 3.80. The summed E-state index contributed by atoms with van der Waals surface area (Å²) in [7, 11) is 0.0143. The SMILES string of the molecule is CC1=CC=C(OPOc2ccc(C)cc2C)C(C)C1. The first kappa shape index (κ1) is 14.1. The molecular formula is C16H21O2P. The van der Waals surface area contributed by atoms with Gasteiger partial charge < -0.3 is 9.05 Å². The fraction of sp³-hybridized carbons (Fsp3) is 0.375. The molecule has 0 aliphatic heterocycles. The molecule has 1 aliphatic rings. The second kappa shape index (κ2) is 6.25. The third-order valence-corrected chi connectivity index (χ3v) is 3.91. The molecule has 0 fully saturated rings. The topological polar surface area (TPSA) is 18.5 Å². The molecule has 1 aromatic carbocycles. The largest absolute Gasteiger partial charge is 0.445 e. The van der Waals surface area contributed by atoms with Crippen LogP contribution in [0.2, 0.25) is 0 Å². The molecule has 0 saturated carbocycles. The lowest BCUT2D eigenvalue weighted by molar-refractivity contribution is 0.360. The van der Waals surface area contributed by atoms with Crippen molar-refractivity contribution in [3.63, 3.8) is 0 Å². The molecule has 0 heterocycles. The molecule has 19 heavy (non-hydrogen) atoms. The van der Waals surface area contributed by atoms with Crippen molar-refractivity contribution in [1.29, 1.82) is 0 Å². The van der Waals surface area contributed by atoms with E-state index >= 15 is 0 Å². The van der Waals surface area contributed by atoms with Crippen LogP contribution < -0.4 is 4.52 Å². The molecule has 2 atom stereocenters. The van der Waals surface area contributed by atoms with Gasteiger partial charge in [0, 0.05) is 5.92 Å². The maximum Gasteiger partial charge on any atom is 0.275 e. The summed E-state index contributed by atoms with van der Waals surface area (Å²) in [6, 6.07) is 6.18. The van der Waals surface area contributed by atoms with E-state index in [1.54, 1.807) is 0 Å². The zero-order valence-electron chi connectivity index (χ0n) is 12.0. The maximum atomic E-state index is 5.75. The van der Waals surface area contributed by atoms with Gasteiger partial charge in [0.25, 0.3) is 9.03 Å². The quantitative estimate of drug-likeness (QED) is 0.714. The van der Waals surface area contributed by atoms with Crippen LogP contribution in [0.25, 0.3) is 0 Å². The Kier molecular flexibility index (Phi) is 4.66. The second-order valence-corrected chi connectivity index (χ2v) is 5.82. The molecule has 102 valence electrons. The van der Waals surface area contributed by atoms with Gasteiger partial charge in [0.15, 0.2) is 0 Å². The van der Waals surface area contributed by atoms with Crippen LogP contribution in [-0.2, 0) is 4.52 Å². The van der Waals surface area contributed by atoms with E-state index in [2.05, 4.69) is 52.0 Å². The molecule has 2 nitrogen and oxygen atoms in total. The molecule has 0 N–H and O–H groups in total. The van der Waals surface area contributed by atoms with E-state index in [9.17, 15) is 0 Å². The standard InChI is InChI=1S/C16H21O2P/c1-11-5-7-15(13(3)9-11)17-19-18-16-8-6-12(2)10-14(16)4/h5-9,14,19H,10H2,1-4H3. The minimum atomic E-state index is 0.0143. The van der Waals surface area contributed by atoms with Gasteiger partial charge in [-0.15, -0.1) is 0 Å². The van der Waals surface area contributed by atoms with Crippen LogP contribution >= 0.6 is 9.03 Å². The highest BCUT2D eigenvalue weighted by molar-refractivity contribution is 7.26. The van der Waals surface area contributed by atoms with Crippen molar-refractivity contribution in [3.05, 3.63) is 52.8 Å². The Hall–Kier alpha value is -1.27. The summed E-state index contributed by atoms with van der Waals surface area (Å²) < 4.78 is 11.5. The smallest absolute Gasteiger partial charge is 0.275 e. The molecule has 0 spiro atoms. The van der Waals surface area contributed by atoms with Crippen LogP contribution in [0.5, 0.6) is 5.75 Å². The first-order chi connectivity index (χ1) is 9.06. The van der Waals surface area contributed by atoms with Gasteiger partial charge in [0.2, 0.25) is 0 Å². The number of hydrogen-bond acceptors (Lipinski definition) is 2. The van der Waals surface area contributed by atoms with Gasteiger partial charge in [0.05, 0.1) is 0 Å². The van der Waals surface area contributed by atoms with E-state index < -0.39 is 0 Å². The molecule has 3 heteroatoms. The summed E-state index contributed by atoms with van der Waals surface area (Å²) in [4.78, 5) is 0. The summed E-state index contributed by atoms with van der Waals surface area (Å²) in [5.74, 6) is 2.37. The van der Waals surface area contributed by atoms with Crippen LogP contribution in [0.4, 0.5) is 0 Å². The molecule has 0 aromatic heterocycles. The van der Waals surface area contributed by atoms with E-state index in [0.29, 0.717) is 5.92 Å². The van der Waals surface area contributed by atoms with Crippen LogP contribution in [-0.4, -0.2) is 0 Å². The Morgan fingerprint density at radius 2 is 1.89 bits per heavy atom. The fourth-order valence-corrected chi connectivity index (χ4v) is 2.93. The molecule has 1 aliphatic carbocycles. The van der Waals surface area contributed by atoms with Crippen LogP contribution in [0, 0.1) is 19.8 Å². The molecular weight excluding hydrogens is 255 g/mol. The van der Waals surface area contributed by atoms with Gasteiger partial charge in [-0.3, -0.25) is 0 Å². The minimum absolute atomic E-state index is 0.0143. The number of aryl methyl sites for hydroxylation is 2. The maximum absolute atomic E-state index is 5.75. The summed E-state index contributed by atoms with van der Waals surface area (Å²) in [6.45, 7) is 8.47. The monoisotopic (exact) mass is 276 g/mol. The van der Waals surface area contributed by atoms with E-state index in [-0.39, 0.29) is 9.03 Å². The van der Waals surface area contributed by atoms with E-state index in [1.165, 1.54) is 11.1 Å². The van der Waals surface area contributed by atoms with Crippen molar-refractivity contribution in [2.75, 3.05) is 0 Å². The first-order valence-electron chi connectivity index (χ1n) is 6.59. The van der Waals surface area contributed by atoms with E-state index in [0.717, 1.165) is 23.5 Å². The highest BCUT2D eigenvalue weighted by Crippen LogP contribution is 2.33. The van der Waals surface area contributed by atoms with Crippen molar-refractivity contribution >= 4 is 9.03 Å². The predicted octanol–water partition coefficient (Wildman–Crippen LogP) is 5.08. The van der Waals surface area contributed by atoms with Crippen molar-refractivity contribution in [3.8, 4) is 5.75 Å². The van der Waals surface area contributed by atoms with Gasteiger partial charge in [-0.1, -0.05) is 36.3 Å². The molecule has 0 bridgehead atoms. The average molecular weight is 276 g/mol. The Morgan fingerprint density at radius 1 is 1.11 bits per heavy atom. The van der Waals surface area contributed by atoms with Crippen molar-refractivity contribution < 1.29 is 9.05 Å². The molecule has 2 rings (SSSR count). The highest BCUT2D eigenvalue weighted by Gasteiger charge is 2.14. The summed E-state index contributed by atoms with van der Waals surface area (Å²) in [5, 5.41) is 0. The third-order valence-electron chi connectivity index (χ3n) is 3.29. The van der Waals surface area contributed by atoms with Crippen molar-refractivity contribution in [1.82, 2.24) is 0 Å². The average Bonchev–Trinajstić information content (AvgIpc) is 2.34. The van der Waals surface area contributed by atoms with E-state index in [1.807, 2.05) is 6.07 Å². The minimum Gasteiger partial charge on any atom is -0.445 e. The zero-order valence-corrected chi connectivity index (χ0v) is 13.0. The molecule has 1 aromatic rings. The van der Waals surface area contributed by atoms with Gasteiger partial charge in [0.1, 0.15) is 11.5 Å².